The lowest BCUT2D eigenvalue weighted by molar-refractivity contribution is 0.0988. The van der Waals surface area contributed by atoms with E-state index in [9.17, 15) is 13.2 Å². The number of carbonyl (C=O) groups excluding carboxylic acids is 1. The van der Waals surface area contributed by atoms with Crippen LogP contribution in [0.4, 0.5) is 5.69 Å². The monoisotopic (exact) mass is 574 g/mol. The number of anilines is 1. The van der Waals surface area contributed by atoms with Crippen LogP contribution in [0.5, 0.6) is 17.2 Å². The van der Waals surface area contributed by atoms with Crippen LogP contribution in [-0.2, 0) is 9.84 Å². The quantitative estimate of drug-likeness (QED) is 0.222. The Bertz CT molecular complexity index is 1660. The van der Waals surface area contributed by atoms with Gasteiger partial charge in [0.15, 0.2) is 17.3 Å². The molecule has 2 heterocycles. The summed E-state index contributed by atoms with van der Waals surface area (Å²) in [4.78, 5) is 19.0. The van der Waals surface area contributed by atoms with Gasteiger partial charge in [-0.1, -0.05) is 31.2 Å². The van der Waals surface area contributed by atoms with Crippen molar-refractivity contribution in [1.29, 1.82) is 0 Å². The Morgan fingerprint density at radius 1 is 0.902 bits per heavy atom. The first-order valence-corrected chi connectivity index (χ1v) is 15.1. The van der Waals surface area contributed by atoms with Crippen molar-refractivity contribution in [3.63, 3.8) is 0 Å². The van der Waals surface area contributed by atoms with Crippen LogP contribution < -0.4 is 19.1 Å². The van der Waals surface area contributed by atoms with Crippen LogP contribution in [0.1, 0.15) is 48.0 Å². The number of aromatic nitrogens is 1. The lowest BCUT2D eigenvalue weighted by Gasteiger charge is -2.35. The molecule has 8 nitrogen and oxygen atoms in total. The van der Waals surface area contributed by atoms with E-state index < -0.39 is 9.84 Å². The second-order valence-corrected chi connectivity index (χ2v) is 12.0. The van der Waals surface area contributed by atoms with E-state index in [1.54, 1.807) is 57.7 Å². The van der Waals surface area contributed by atoms with Crippen molar-refractivity contribution in [2.75, 3.05) is 39.3 Å². The van der Waals surface area contributed by atoms with Crippen LogP contribution in [0.15, 0.2) is 76.7 Å². The molecule has 1 fully saturated rings. The molecule has 1 aliphatic rings. The van der Waals surface area contributed by atoms with Crippen molar-refractivity contribution in [3.8, 4) is 17.2 Å². The zero-order valence-electron chi connectivity index (χ0n) is 23.7. The fourth-order valence-corrected chi connectivity index (χ4v) is 6.91. The van der Waals surface area contributed by atoms with Crippen molar-refractivity contribution >= 4 is 32.2 Å². The number of hydrogen-bond donors (Lipinski definition) is 0. The van der Waals surface area contributed by atoms with E-state index in [0.717, 1.165) is 18.4 Å². The Hall–Kier alpha value is -4.11. The zero-order valence-corrected chi connectivity index (χ0v) is 24.5. The molecule has 0 bridgehead atoms. The minimum Gasteiger partial charge on any atom is -0.497 e. The Morgan fingerprint density at radius 3 is 2.12 bits per heavy atom. The van der Waals surface area contributed by atoms with Gasteiger partial charge in [0.1, 0.15) is 10.6 Å². The highest BCUT2D eigenvalue weighted by molar-refractivity contribution is 7.91. The first kappa shape index (κ1) is 28.4. The van der Waals surface area contributed by atoms with Gasteiger partial charge in [0.05, 0.1) is 37.4 Å². The Kier molecular flexibility index (Phi) is 8.17. The molecular formula is C32H34N2O6S. The SMILES string of the molecule is CCC(=O)c1ccc(C2CCN(c3c(S(=O)(=O)c4ccc(OC)cc4)cnc4cc(OC)c(OC)cc34)CC2)cc1. The molecule has 4 aromatic rings. The van der Waals surface area contributed by atoms with Gasteiger partial charge in [-0.25, -0.2) is 8.42 Å². The van der Waals surface area contributed by atoms with Crippen LogP contribution in [0.3, 0.4) is 0 Å². The summed E-state index contributed by atoms with van der Waals surface area (Å²) in [6, 6.07) is 17.9. The van der Waals surface area contributed by atoms with Crippen LogP contribution in [0.2, 0.25) is 0 Å². The number of ether oxygens (including phenoxy) is 3. The molecule has 0 aliphatic carbocycles. The molecule has 214 valence electrons. The molecule has 41 heavy (non-hydrogen) atoms. The van der Waals surface area contributed by atoms with Crippen molar-refractivity contribution in [2.24, 2.45) is 0 Å². The average molecular weight is 575 g/mol. The number of piperidine rings is 1. The maximum Gasteiger partial charge on any atom is 0.210 e. The number of Topliss-reactive ketones (excluding diaryl/α,β-unsaturated/α-hetero) is 1. The van der Waals surface area contributed by atoms with Gasteiger partial charge in [-0.05, 0) is 54.7 Å². The minimum absolute atomic E-state index is 0.133. The largest absolute Gasteiger partial charge is 0.497 e. The van der Waals surface area contributed by atoms with Crippen LogP contribution >= 0.6 is 0 Å². The molecule has 3 aromatic carbocycles. The lowest BCUT2D eigenvalue weighted by Crippen LogP contribution is -2.34. The highest BCUT2D eigenvalue weighted by Gasteiger charge is 2.30. The van der Waals surface area contributed by atoms with E-state index in [4.69, 9.17) is 14.2 Å². The van der Waals surface area contributed by atoms with Gasteiger partial charge in [0.2, 0.25) is 9.84 Å². The predicted molar refractivity (Wildman–Crippen MR) is 159 cm³/mol. The molecular weight excluding hydrogens is 540 g/mol. The van der Waals surface area contributed by atoms with Gasteiger partial charge in [0, 0.05) is 42.7 Å². The smallest absolute Gasteiger partial charge is 0.210 e. The average Bonchev–Trinajstić information content (AvgIpc) is 3.03. The molecule has 1 aliphatic heterocycles. The molecule has 0 saturated carbocycles. The maximum absolute atomic E-state index is 14.0. The molecule has 1 aromatic heterocycles. The number of methoxy groups -OCH3 is 3. The number of hydrogen-bond acceptors (Lipinski definition) is 8. The van der Waals surface area contributed by atoms with Crippen molar-refractivity contribution in [3.05, 3.63) is 78.0 Å². The fraction of sp³-hybridized carbons (Fsp3) is 0.312. The number of fused-ring (bicyclic) bond motifs is 1. The van der Waals surface area contributed by atoms with E-state index in [2.05, 4.69) is 9.88 Å². The van der Waals surface area contributed by atoms with Gasteiger partial charge in [-0.2, -0.15) is 0 Å². The highest BCUT2D eigenvalue weighted by atomic mass is 32.2. The normalized spacial score (nSPS) is 14.2. The highest BCUT2D eigenvalue weighted by Crippen LogP contribution is 2.42. The summed E-state index contributed by atoms with van der Waals surface area (Å²) in [5, 5.41) is 0.679. The molecule has 1 saturated heterocycles. The first-order valence-electron chi connectivity index (χ1n) is 13.6. The molecule has 0 spiro atoms. The Balaban J connectivity index is 1.55. The van der Waals surface area contributed by atoms with E-state index in [0.29, 0.717) is 59.3 Å². The van der Waals surface area contributed by atoms with Crippen molar-refractivity contribution < 1.29 is 27.4 Å². The first-order chi connectivity index (χ1) is 19.8. The molecule has 0 amide bonds. The van der Waals surface area contributed by atoms with E-state index >= 15 is 0 Å². The summed E-state index contributed by atoms with van der Waals surface area (Å²) in [7, 11) is 0.739. The number of rotatable bonds is 9. The van der Waals surface area contributed by atoms with Crippen molar-refractivity contribution in [1.82, 2.24) is 4.98 Å². The fourth-order valence-electron chi connectivity index (χ4n) is 5.47. The Morgan fingerprint density at radius 2 is 1.54 bits per heavy atom. The summed E-state index contributed by atoms with van der Waals surface area (Å²) in [5.41, 5.74) is 3.14. The van der Waals surface area contributed by atoms with Crippen LogP contribution in [0.25, 0.3) is 10.9 Å². The number of carbonyl (C=O) groups is 1. The summed E-state index contributed by atoms with van der Waals surface area (Å²) >= 11 is 0. The van der Waals surface area contributed by atoms with Gasteiger partial charge in [-0.3, -0.25) is 9.78 Å². The number of benzene rings is 3. The standard InChI is InChI=1S/C32H34N2O6S/c1-5-28(35)23-8-6-21(7-9-23)22-14-16-34(17-15-22)32-26-18-29(39-3)30(40-4)19-27(26)33-20-31(32)41(36,37)25-12-10-24(38-2)11-13-25/h6-13,18-20,22H,5,14-17H2,1-4H3. The number of nitrogens with zero attached hydrogens (tertiary/aromatic N) is 2. The number of sulfone groups is 1. The van der Waals surface area contributed by atoms with Crippen LogP contribution in [0, 0.1) is 0 Å². The second kappa shape index (κ2) is 11.8. The molecule has 0 radical (unpaired) electrons. The molecule has 0 N–H and O–H groups in total. The molecule has 9 heteroatoms. The summed E-state index contributed by atoms with van der Waals surface area (Å²) in [6.45, 7) is 3.17. The number of ketones is 1. The van der Waals surface area contributed by atoms with Gasteiger partial charge < -0.3 is 19.1 Å². The summed E-state index contributed by atoms with van der Waals surface area (Å²) in [6.07, 6.45) is 3.59. The van der Waals surface area contributed by atoms with Gasteiger partial charge >= 0.3 is 0 Å². The summed E-state index contributed by atoms with van der Waals surface area (Å²) < 4.78 is 44.3. The minimum atomic E-state index is -3.92. The van der Waals surface area contributed by atoms with Crippen molar-refractivity contribution in [2.45, 2.75) is 41.9 Å². The predicted octanol–water partition coefficient (Wildman–Crippen LogP) is 6.07. The second-order valence-electron chi connectivity index (χ2n) is 10.0. The lowest BCUT2D eigenvalue weighted by atomic mass is 9.88. The third-order valence-corrected chi connectivity index (χ3v) is 9.58. The molecule has 5 rings (SSSR count). The van der Waals surface area contributed by atoms with Crippen LogP contribution in [-0.4, -0.2) is 53.6 Å². The van der Waals surface area contributed by atoms with Gasteiger partial charge in [-0.15, -0.1) is 0 Å². The van der Waals surface area contributed by atoms with E-state index in [1.165, 1.54) is 11.8 Å². The van der Waals surface area contributed by atoms with E-state index in [-0.39, 0.29) is 15.6 Å². The number of pyridine rings is 1. The third kappa shape index (κ3) is 5.46. The molecule has 0 atom stereocenters. The van der Waals surface area contributed by atoms with Gasteiger partial charge in [0.25, 0.3) is 0 Å². The zero-order chi connectivity index (χ0) is 29.1. The molecule has 0 unspecified atom stereocenters. The van der Waals surface area contributed by atoms with E-state index in [1.807, 2.05) is 31.2 Å². The summed E-state index contributed by atoms with van der Waals surface area (Å²) in [5.74, 6) is 2.04. The maximum atomic E-state index is 14.0. The third-order valence-electron chi connectivity index (χ3n) is 7.81. The Labute approximate surface area is 240 Å². The topological polar surface area (TPSA) is 95.0 Å².